The molecule has 0 radical (unpaired) electrons. The monoisotopic (exact) mass is 348 g/mol. The van der Waals surface area contributed by atoms with Gasteiger partial charge in [0.15, 0.2) is 0 Å². The average Bonchev–Trinajstić information content (AvgIpc) is 2.57. The number of carboxylic acids is 1. The Bertz CT molecular complexity index is 556. The van der Waals surface area contributed by atoms with Crippen molar-refractivity contribution in [2.45, 2.75) is 56.7 Å². The summed E-state index contributed by atoms with van der Waals surface area (Å²) in [6.07, 6.45) is 6.98. The van der Waals surface area contributed by atoms with Crippen molar-refractivity contribution in [1.29, 1.82) is 0 Å². The van der Waals surface area contributed by atoms with Gasteiger partial charge in [0, 0.05) is 0 Å². The molecule has 3 unspecified atom stereocenters. The van der Waals surface area contributed by atoms with Gasteiger partial charge in [0.25, 0.3) is 0 Å². The molecule has 1 aromatic rings. The maximum absolute atomic E-state index is 10.9. The fraction of sp³-hybridized carbons (Fsp3) is 0.550. The van der Waals surface area contributed by atoms with Gasteiger partial charge in [-0.15, -0.1) is 0 Å². The summed E-state index contributed by atoms with van der Waals surface area (Å²) in [6, 6.07) is 9.57. The van der Waals surface area contributed by atoms with Crippen molar-refractivity contribution >= 4 is 5.97 Å². The minimum Gasteiger partial charge on any atom is -0.494 e. The largest absolute Gasteiger partial charge is 0.494 e. The van der Waals surface area contributed by atoms with Crippen LogP contribution in [0.25, 0.3) is 0 Å². The van der Waals surface area contributed by atoms with E-state index in [1.807, 2.05) is 36.4 Å². The molecule has 0 amide bonds. The molecule has 3 atom stereocenters. The second-order valence-electron chi connectivity index (χ2n) is 6.91. The second kappa shape index (κ2) is 9.59. The van der Waals surface area contributed by atoms with E-state index < -0.39 is 17.7 Å². The van der Waals surface area contributed by atoms with Crippen LogP contribution in [0.2, 0.25) is 0 Å². The van der Waals surface area contributed by atoms with Gasteiger partial charge in [-0.25, -0.2) is 0 Å². The fourth-order valence-electron chi connectivity index (χ4n) is 3.37. The summed E-state index contributed by atoms with van der Waals surface area (Å²) >= 11 is 0. The van der Waals surface area contributed by atoms with Gasteiger partial charge in [0.05, 0.1) is 24.7 Å². The van der Waals surface area contributed by atoms with Gasteiger partial charge in [-0.3, -0.25) is 4.79 Å². The number of aliphatic hydroxyl groups excluding tert-OH is 1. The van der Waals surface area contributed by atoms with Crippen LogP contribution in [0.4, 0.5) is 0 Å². The highest BCUT2D eigenvalue weighted by Gasteiger charge is 2.35. The zero-order valence-corrected chi connectivity index (χ0v) is 14.5. The molecule has 1 fully saturated rings. The molecule has 0 aliphatic heterocycles. The smallest absolute Gasteiger partial charge is 0.306 e. The van der Waals surface area contributed by atoms with E-state index in [9.17, 15) is 15.0 Å². The quantitative estimate of drug-likeness (QED) is 0.471. The molecule has 1 saturated carbocycles. The normalized spacial score (nSPS) is 25.0. The van der Waals surface area contributed by atoms with Crippen LogP contribution in [-0.4, -0.2) is 39.6 Å². The molecule has 1 aromatic carbocycles. The first-order valence-corrected chi connectivity index (χ1v) is 8.95. The molecule has 0 aromatic heterocycles. The first kappa shape index (κ1) is 19.5. The van der Waals surface area contributed by atoms with E-state index in [4.69, 9.17) is 9.84 Å². The highest BCUT2D eigenvalue weighted by atomic mass is 16.5. The van der Waals surface area contributed by atoms with Crippen LogP contribution >= 0.6 is 0 Å². The molecule has 5 nitrogen and oxygen atoms in total. The van der Waals surface area contributed by atoms with E-state index in [-0.39, 0.29) is 12.3 Å². The minimum atomic E-state index is -1.12. The van der Waals surface area contributed by atoms with E-state index in [0.717, 1.165) is 25.0 Å². The Morgan fingerprint density at radius 1 is 1.36 bits per heavy atom. The minimum absolute atomic E-state index is 0.119. The molecule has 2 rings (SSSR count). The van der Waals surface area contributed by atoms with Crippen LogP contribution in [0.3, 0.4) is 0 Å². The Morgan fingerprint density at radius 3 is 2.84 bits per heavy atom. The Hall–Kier alpha value is -1.85. The number of carboxylic acid groups (broad SMARTS) is 1. The maximum Gasteiger partial charge on any atom is 0.306 e. The molecule has 0 saturated heterocycles. The number of carbonyl (C=O) groups is 1. The molecular weight excluding hydrogens is 320 g/mol. The third kappa shape index (κ3) is 7.28. The lowest BCUT2D eigenvalue weighted by atomic mass is 9.76. The van der Waals surface area contributed by atoms with Gasteiger partial charge in [-0.1, -0.05) is 30.4 Å². The Labute approximate surface area is 149 Å². The van der Waals surface area contributed by atoms with Crippen molar-refractivity contribution in [2.75, 3.05) is 6.61 Å². The van der Waals surface area contributed by atoms with E-state index >= 15 is 0 Å². The molecule has 0 heterocycles. The lowest BCUT2D eigenvalue weighted by molar-refractivity contribution is -0.144. The first-order valence-electron chi connectivity index (χ1n) is 8.95. The maximum atomic E-state index is 10.9. The number of hydrogen-bond donors (Lipinski definition) is 3. The average molecular weight is 348 g/mol. The van der Waals surface area contributed by atoms with Crippen molar-refractivity contribution in [3.8, 4) is 5.75 Å². The summed E-state index contributed by atoms with van der Waals surface area (Å²) in [5.41, 5.74) is -1.12. The van der Waals surface area contributed by atoms with E-state index in [0.29, 0.717) is 25.9 Å². The highest BCUT2D eigenvalue weighted by molar-refractivity contribution is 5.68. The number of aliphatic hydroxyl groups is 2. The van der Waals surface area contributed by atoms with Gasteiger partial charge in [0.1, 0.15) is 5.75 Å². The number of rotatable bonds is 9. The van der Waals surface area contributed by atoms with Crippen LogP contribution < -0.4 is 4.74 Å². The number of allylic oxidation sites excluding steroid dienone is 1. The molecular formula is C20H28O5. The van der Waals surface area contributed by atoms with Crippen molar-refractivity contribution < 1.29 is 24.9 Å². The van der Waals surface area contributed by atoms with Gasteiger partial charge in [-0.2, -0.15) is 0 Å². The molecule has 0 bridgehead atoms. The van der Waals surface area contributed by atoms with Crippen LogP contribution in [0.1, 0.15) is 44.9 Å². The SMILES string of the molecule is O=C(O)CC1(O)CCCC(C=CC(O)CCCOc2ccccc2)C1. The predicted octanol–water partition coefficient (Wildman–Crippen LogP) is 3.16. The lowest BCUT2D eigenvalue weighted by Gasteiger charge is -2.34. The molecule has 1 aliphatic rings. The van der Waals surface area contributed by atoms with Gasteiger partial charge in [-0.05, 0) is 56.6 Å². The number of benzene rings is 1. The summed E-state index contributed by atoms with van der Waals surface area (Å²) in [5.74, 6) is -0.0219. The summed E-state index contributed by atoms with van der Waals surface area (Å²) in [4.78, 5) is 10.9. The van der Waals surface area contributed by atoms with Crippen molar-refractivity contribution in [3.63, 3.8) is 0 Å². The second-order valence-corrected chi connectivity index (χ2v) is 6.91. The molecule has 25 heavy (non-hydrogen) atoms. The topological polar surface area (TPSA) is 87.0 Å². The van der Waals surface area contributed by atoms with E-state index in [2.05, 4.69) is 0 Å². The van der Waals surface area contributed by atoms with Gasteiger partial charge in [0.2, 0.25) is 0 Å². The Kier molecular flexibility index (Phi) is 7.47. The standard InChI is InChI=1S/C20H28O5/c21-17(7-5-13-25-18-8-2-1-3-9-18)11-10-16-6-4-12-20(24,14-16)15-19(22)23/h1-3,8-11,16-17,21,24H,4-7,12-15H2,(H,22,23). The van der Waals surface area contributed by atoms with E-state index in [1.54, 1.807) is 6.08 Å². The van der Waals surface area contributed by atoms with Crippen molar-refractivity contribution in [3.05, 3.63) is 42.5 Å². The Morgan fingerprint density at radius 2 is 2.12 bits per heavy atom. The van der Waals surface area contributed by atoms with E-state index in [1.165, 1.54) is 0 Å². The van der Waals surface area contributed by atoms with Crippen LogP contribution in [0, 0.1) is 5.92 Å². The van der Waals surface area contributed by atoms with Crippen LogP contribution in [0.5, 0.6) is 5.75 Å². The summed E-state index contributed by atoms with van der Waals surface area (Å²) < 4.78 is 5.59. The van der Waals surface area contributed by atoms with Gasteiger partial charge < -0.3 is 20.1 Å². The lowest BCUT2D eigenvalue weighted by Crippen LogP contribution is -2.37. The molecule has 1 aliphatic carbocycles. The zero-order chi connectivity index (χ0) is 18.1. The number of para-hydroxylation sites is 1. The predicted molar refractivity (Wildman–Crippen MR) is 95.5 cm³/mol. The zero-order valence-electron chi connectivity index (χ0n) is 14.5. The molecule has 3 N–H and O–H groups in total. The number of aliphatic carboxylic acids is 1. The van der Waals surface area contributed by atoms with Crippen molar-refractivity contribution in [2.24, 2.45) is 5.92 Å². The van der Waals surface area contributed by atoms with Crippen LogP contribution in [0.15, 0.2) is 42.5 Å². The first-order chi connectivity index (χ1) is 12.0. The highest BCUT2D eigenvalue weighted by Crippen LogP contribution is 2.35. The summed E-state index contributed by atoms with van der Waals surface area (Å²) in [6.45, 7) is 0.552. The number of ether oxygens (including phenoxy) is 1. The van der Waals surface area contributed by atoms with Crippen molar-refractivity contribution in [1.82, 2.24) is 0 Å². The summed E-state index contributed by atoms with van der Waals surface area (Å²) in [5, 5.41) is 29.3. The molecule has 0 spiro atoms. The summed E-state index contributed by atoms with van der Waals surface area (Å²) in [7, 11) is 0. The van der Waals surface area contributed by atoms with Crippen LogP contribution in [-0.2, 0) is 4.79 Å². The third-order valence-corrected chi connectivity index (χ3v) is 4.60. The number of hydrogen-bond acceptors (Lipinski definition) is 4. The fourth-order valence-corrected chi connectivity index (χ4v) is 3.37. The molecule has 5 heteroatoms. The third-order valence-electron chi connectivity index (χ3n) is 4.60. The Balaban J connectivity index is 1.68. The molecule has 138 valence electrons. The van der Waals surface area contributed by atoms with Gasteiger partial charge >= 0.3 is 5.97 Å².